The fourth-order valence-electron chi connectivity index (χ4n) is 5.71. The van der Waals surface area contributed by atoms with Crippen LogP contribution >= 0.6 is 0 Å². The predicted molar refractivity (Wildman–Crippen MR) is 112 cm³/mol. The molecular formula is C24H28F3N3O. The molecule has 3 fully saturated rings. The maximum absolute atomic E-state index is 12.8. The summed E-state index contributed by atoms with van der Waals surface area (Å²) in [5, 5.41) is 10.3. The second-order valence-electron chi connectivity index (χ2n) is 9.42. The van der Waals surface area contributed by atoms with E-state index >= 15 is 0 Å². The van der Waals surface area contributed by atoms with E-state index in [4.69, 9.17) is 0 Å². The Balaban J connectivity index is 1.26. The number of hydrogen-bond donors (Lipinski definition) is 1. The van der Waals surface area contributed by atoms with Crippen LogP contribution in [0.5, 0.6) is 0 Å². The topological polar surface area (TPSA) is 30.0 Å². The summed E-state index contributed by atoms with van der Waals surface area (Å²) in [5.41, 5.74) is 1.61. The lowest BCUT2D eigenvalue weighted by molar-refractivity contribution is -0.137. The van der Waals surface area contributed by atoms with E-state index in [0.717, 1.165) is 51.3 Å². The Morgan fingerprint density at radius 1 is 0.839 bits per heavy atom. The van der Waals surface area contributed by atoms with Gasteiger partial charge in [-0.2, -0.15) is 13.2 Å². The first-order valence-corrected chi connectivity index (χ1v) is 10.9. The molecule has 3 aliphatic heterocycles. The summed E-state index contributed by atoms with van der Waals surface area (Å²) in [6.07, 6.45) is -3.76. The number of alkyl halides is 3. The van der Waals surface area contributed by atoms with Gasteiger partial charge in [-0.3, -0.25) is 14.7 Å². The second-order valence-corrected chi connectivity index (χ2v) is 9.42. The molecule has 0 radical (unpaired) electrons. The molecule has 166 valence electrons. The predicted octanol–water partition coefficient (Wildman–Crippen LogP) is 3.21. The summed E-state index contributed by atoms with van der Waals surface area (Å²) in [6, 6.07) is 16.3. The van der Waals surface area contributed by atoms with Crippen molar-refractivity contribution in [3.05, 3.63) is 71.3 Å². The van der Waals surface area contributed by atoms with Gasteiger partial charge in [0.25, 0.3) is 0 Å². The Morgan fingerprint density at radius 3 is 2.13 bits per heavy atom. The van der Waals surface area contributed by atoms with Crippen LogP contribution in [0, 0.1) is 0 Å². The molecule has 0 unspecified atom stereocenters. The maximum Gasteiger partial charge on any atom is 0.416 e. The van der Waals surface area contributed by atoms with Crippen molar-refractivity contribution in [1.82, 2.24) is 14.7 Å². The summed E-state index contributed by atoms with van der Waals surface area (Å²) in [6.45, 7) is 5.95. The third kappa shape index (κ3) is 4.24. The molecule has 1 N–H and O–H groups in total. The van der Waals surface area contributed by atoms with Gasteiger partial charge in [0.1, 0.15) is 0 Å². The first kappa shape index (κ1) is 20.9. The third-order valence-corrected chi connectivity index (χ3v) is 6.96. The highest BCUT2D eigenvalue weighted by molar-refractivity contribution is 5.25. The molecule has 4 nitrogen and oxygen atoms in total. The van der Waals surface area contributed by atoms with E-state index in [9.17, 15) is 18.3 Å². The SMILES string of the molecule is O[C@@H]1C[C@@H]2CN(Cc3ccccc3)CC3(CN(Cc4ccc(C(F)(F)F)cc4)C3)N2C1. The Labute approximate surface area is 180 Å². The van der Waals surface area contributed by atoms with Crippen molar-refractivity contribution in [2.45, 2.75) is 43.4 Å². The molecule has 0 aromatic heterocycles. The van der Waals surface area contributed by atoms with E-state index in [1.807, 2.05) is 6.07 Å². The Hall–Kier alpha value is -1.93. The number of piperazine rings is 1. The summed E-state index contributed by atoms with van der Waals surface area (Å²) < 4.78 is 38.4. The minimum absolute atomic E-state index is 0.0150. The number of hydrogen-bond acceptors (Lipinski definition) is 4. The molecule has 2 atom stereocenters. The lowest BCUT2D eigenvalue weighted by atomic mass is 9.83. The molecule has 7 heteroatoms. The van der Waals surface area contributed by atoms with E-state index < -0.39 is 11.7 Å². The van der Waals surface area contributed by atoms with Crippen molar-refractivity contribution in [1.29, 1.82) is 0 Å². The zero-order valence-corrected chi connectivity index (χ0v) is 17.4. The fraction of sp³-hybridized carbons (Fsp3) is 0.500. The van der Waals surface area contributed by atoms with Crippen molar-refractivity contribution in [2.75, 3.05) is 32.7 Å². The average Bonchev–Trinajstić information content (AvgIpc) is 3.08. The average molecular weight is 432 g/mol. The minimum atomic E-state index is -4.30. The van der Waals surface area contributed by atoms with E-state index in [1.54, 1.807) is 12.1 Å². The van der Waals surface area contributed by atoms with Crippen molar-refractivity contribution < 1.29 is 18.3 Å². The number of rotatable bonds is 4. The van der Waals surface area contributed by atoms with Crippen LogP contribution in [0.15, 0.2) is 54.6 Å². The van der Waals surface area contributed by atoms with Crippen LogP contribution < -0.4 is 0 Å². The monoisotopic (exact) mass is 431 g/mol. The van der Waals surface area contributed by atoms with E-state index in [2.05, 4.69) is 39.0 Å². The fourth-order valence-corrected chi connectivity index (χ4v) is 5.71. The molecule has 2 aromatic carbocycles. The van der Waals surface area contributed by atoms with Gasteiger partial charge in [0.2, 0.25) is 0 Å². The van der Waals surface area contributed by atoms with Crippen LogP contribution in [0.4, 0.5) is 13.2 Å². The number of nitrogens with zero attached hydrogens (tertiary/aromatic N) is 3. The number of halogens is 3. The van der Waals surface area contributed by atoms with Gasteiger partial charge in [0.05, 0.1) is 17.2 Å². The molecule has 0 saturated carbocycles. The van der Waals surface area contributed by atoms with Crippen LogP contribution in [0.2, 0.25) is 0 Å². The quantitative estimate of drug-likeness (QED) is 0.805. The first-order valence-electron chi connectivity index (χ1n) is 10.9. The van der Waals surface area contributed by atoms with Gasteiger partial charge in [-0.05, 0) is 29.7 Å². The normalized spacial score (nSPS) is 26.7. The molecule has 2 aromatic rings. The molecule has 5 rings (SSSR count). The van der Waals surface area contributed by atoms with Crippen molar-refractivity contribution >= 4 is 0 Å². The zero-order chi connectivity index (χ0) is 21.6. The number of aliphatic hydroxyl groups excluding tert-OH is 1. The molecule has 3 heterocycles. The Bertz CT molecular complexity index is 897. The first-order chi connectivity index (χ1) is 14.8. The summed E-state index contributed by atoms with van der Waals surface area (Å²) in [7, 11) is 0. The second kappa shape index (κ2) is 7.89. The Morgan fingerprint density at radius 2 is 1.45 bits per heavy atom. The lowest BCUT2D eigenvalue weighted by Crippen LogP contribution is -2.77. The number of likely N-dealkylation sites (tertiary alicyclic amines) is 1. The molecular weight excluding hydrogens is 403 g/mol. The van der Waals surface area contributed by atoms with Crippen LogP contribution in [-0.4, -0.2) is 70.2 Å². The maximum atomic E-state index is 12.8. The van der Waals surface area contributed by atoms with Gasteiger partial charge >= 0.3 is 6.18 Å². The minimum Gasteiger partial charge on any atom is -0.392 e. The number of β-amino-alcohol motifs (C(OH)–C–C–N with tert-alkyl or cyclic N) is 1. The van der Waals surface area contributed by atoms with Gasteiger partial charge in [0.15, 0.2) is 0 Å². The van der Waals surface area contributed by atoms with Gasteiger partial charge in [0, 0.05) is 51.9 Å². The van der Waals surface area contributed by atoms with Crippen molar-refractivity contribution in [3.8, 4) is 0 Å². The van der Waals surface area contributed by atoms with Crippen LogP contribution in [-0.2, 0) is 19.3 Å². The van der Waals surface area contributed by atoms with Crippen molar-refractivity contribution in [2.24, 2.45) is 0 Å². The van der Waals surface area contributed by atoms with Crippen molar-refractivity contribution in [3.63, 3.8) is 0 Å². The molecule has 31 heavy (non-hydrogen) atoms. The highest BCUT2D eigenvalue weighted by atomic mass is 19.4. The molecule has 0 aliphatic carbocycles. The number of benzene rings is 2. The van der Waals surface area contributed by atoms with Gasteiger partial charge in [-0.25, -0.2) is 0 Å². The zero-order valence-electron chi connectivity index (χ0n) is 17.4. The van der Waals surface area contributed by atoms with Gasteiger partial charge in [-0.1, -0.05) is 42.5 Å². The molecule has 3 aliphatic rings. The molecule has 0 amide bonds. The largest absolute Gasteiger partial charge is 0.416 e. The molecule has 1 spiro atoms. The number of aliphatic hydroxyl groups is 1. The van der Waals surface area contributed by atoms with Gasteiger partial charge < -0.3 is 5.11 Å². The highest BCUT2D eigenvalue weighted by Crippen LogP contribution is 2.40. The summed E-state index contributed by atoms with van der Waals surface area (Å²) in [4.78, 5) is 7.31. The van der Waals surface area contributed by atoms with Crippen LogP contribution in [0.3, 0.4) is 0 Å². The van der Waals surface area contributed by atoms with Crippen LogP contribution in [0.25, 0.3) is 0 Å². The lowest BCUT2D eigenvalue weighted by Gasteiger charge is -2.61. The standard InChI is InChI=1S/C24H28F3N3O/c25-24(26,27)20-8-6-19(7-9-20)12-29-16-23(17-29)15-28(11-18-4-2-1-3-5-18)13-21-10-22(31)14-30(21)23/h1-9,21-22,31H,10-17H2/t21-,22-/m1/s1. The number of fused-ring (bicyclic) bond motifs is 2. The highest BCUT2D eigenvalue weighted by Gasteiger charge is 2.55. The molecule has 3 saturated heterocycles. The van der Waals surface area contributed by atoms with Crippen LogP contribution in [0.1, 0.15) is 23.1 Å². The smallest absolute Gasteiger partial charge is 0.392 e. The summed E-state index contributed by atoms with van der Waals surface area (Å²) in [5.74, 6) is 0. The molecule has 0 bridgehead atoms. The third-order valence-electron chi connectivity index (χ3n) is 6.96. The van der Waals surface area contributed by atoms with E-state index in [1.165, 1.54) is 17.7 Å². The Kier molecular flexibility index (Phi) is 5.33. The van der Waals surface area contributed by atoms with Gasteiger partial charge in [-0.15, -0.1) is 0 Å². The van der Waals surface area contributed by atoms with E-state index in [-0.39, 0.29) is 11.6 Å². The van der Waals surface area contributed by atoms with E-state index in [0.29, 0.717) is 12.6 Å². The summed E-state index contributed by atoms with van der Waals surface area (Å²) >= 11 is 0.